The van der Waals surface area contributed by atoms with Gasteiger partial charge < -0.3 is 23.9 Å². The molecule has 3 rings (SSSR count). The lowest BCUT2D eigenvalue weighted by Gasteiger charge is -2.12. The summed E-state index contributed by atoms with van der Waals surface area (Å²) in [5.74, 6) is 2.21. The topological polar surface area (TPSA) is 93.7 Å². The number of benzene rings is 2. The van der Waals surface area contributed by atoms with E-state index in [-0.39, 0.29) is 12.1 Å². The molecule has 3 aromatic rings. The van der Waals surface area contributed by atoms with Crippen LogP contribution in [-0.4, -0.2) is 20.1 Å². The molecule has 2 aromatic carbocycles. The summed E-state index contributed by atoms with van der Waals surface area (Å²) < 4.78 is 21.6. The largest absolute Gasteiger partial charge is 0.497 e. The van der Waals surface area contributed by atoms with Crippen molar-refractivity contribution in [2.45, 2.75) is 13.2 Å². The summed E-state index contributed by atoms with van der Waals surface area (Å²) in [6, 6.07) is 18.0. The van der Waals surface area contributed by atoms with E-state index in [9.17, 15) is 10.1 Å². The van der Waals surface area contributed by atoms with Crippen LogP contribution in [0.15, 0.2) is 70.9 Å². The molecule has 0 saturated carbocycles. The lowest BCUT2D eigenvalue weighted by molar-refractivity contribution is -0.117. The lowest BCUT2D eigenvalue weighted by Crippen LogP contribution is -2.23. The molecule has 0 aliphatic rings. The highest BCUT2D eigenvalue weighted by Gasteiger charge is 2.10. The van der Waals surface area contributed by atoms with Crippen molar-refractivity contribution in [1.29, 1.82) is 5.26 Å². The Morgan fingerprint density at radius 2 is 1.87 bits per heavy atom. The predicted molar refractivity (Wildman–Crippen MR) is 114 cm³/mol. The number of hydrogen-bond donors (Lipinski definition) is 1. The van der Waals surface area contributed by atoms with Crippen LogP contribution in [0.25, 0.3) is 6.08 Å². The number of furan rings is 1. The van der Waals surface area contributed by atoms with Crippen LogP contribution in [0.4, 0.5) is 0 Å². The van der Waals surface area contributed by atoms with Gasteiger partial charge in [-0.3, -0.25) is 4.79 Å². The molecule has 7 nitrogen and oxygen atoms in total. The second-order valence-corrected chi connectivity index (χ2v) is 6.47. The summed E-state index contributed by atoms with van der Waals surface area (Å²) in [4.78, 5) is 12.2. The van der Waals surface area contributed by atoms with Crippen LogP contribution in [-0.2, 0) is 17.9 Å². The van der Waals surface area contributed by atoms with Gasteiger partial charge in [-0.25, -0.2) is 0 Å². The summed E-state index contributed by atoms with van der Waals surface area (Å²) in [5, 5.41) is 12.0. The number of methoxy groups -OCH3 is 2. The summed E-state index contributed by atoms with van der Waals surface area (Å²) in [6.07, 6.45) is 3.04. The molecule has 0 atom stereocenters. The minimum Gasteiger partial charge on any atom is -0.497 e. The van der Waals surface area contributed by atoms with Crippen LogP contribution in [0.2, 0.25) is 0 Å². The molecule has 0 spiro atoms. The van der Waals surface area contributed by atoms with Crippen molar-refractivity contribution in [2.24, 2.45) is 0 Å². The van der Waals surface area contributed by atoms with Crippen LogP contribution in [0.5, 0.6) is 17.2 Å². The number of ether oxygens (including phenoxy) is 3. The number of nitriles is 1. The Balaban J connectivity index is 1.62. The van der Waals surface area contributed by atoms with Gasteiger partial charge in [-0.05, 0) is 54.1 Å². The first kappa shape index (κ1) is 21.5. The summed E-state index contributed by atoms with van der Waals surface area (Å²) in [7, 11) is 3.20. The van der Waals surface area contributed by atoms with Crippen LogP contribution in [0.3, 0.4) is 0 Å². The smallest absolute Gasteiger partial charge is 0.262 e. The Morgan fingerprint density at radius 1 is 1.10 bits per heavy atom. The van der Waals surface area contributed by atoms with E-state index < -0.39 is 5.91 Å². The van der Waals surface area contributed by atoms with Gasteiger partial charge in [-0.2, -0.15) is 5.26 Å². The number of nitrogens with zero attached hydrogens (tertiary/aromatic N) is 1. The molecule has 7 heteroatoms. The van der Waals surface area contributed by atoms with Gasteiger partial charge in [0.1, 0.15) is 41.3 Å². The molecule has 0 aliphatic heterocycles. The van der Waals surface area contributed by atoms with E-state index in [1.807, 2.05) is 24.3 Å². The zero-order chi connectivity index (χ0) is 22.1. The predicted octanol–water partition coefficient (Wildman–Crippen LogP) is 4.10. The summed E-state index contributed by atoms with van der Waals surface area (Å²) >= 11 is 0. The summed E-state index contributed by atoms with van der Waals surface area (Å²) in [5.41, 5.74) is 1.56. The van der Waals surface area contributed by atoms with Crippen LogP contribution < -0.4 is 19.5 Å². The minimum absolute atomic E-state index is 0.00124. The van der Waals surface area contributed by atoms with Gasteiger partial charge in [0.15, 0.2) is 0 Å². The third-order valence-corrected chi connectivity index (χ3v) is 4.44. The van der Waals surface area contributed by atoms with E-state index in [1.54, 1.807) is 50.6 Å². The number of rotatable bonds is 9. The number of hydrogen-bond acceptors (Lipinski definition) is 6. The Morgan fingerprint density at radius 3 is 2.52 bits per heavy atom. The van der Waals surface area contributed by atoms with Gasteiger partial charge in [-0.15, -0.1) is 0 Å². The van der Waals surface area contributed by atoms with E-state index in [0.717, 1.165) is 5.56 Å². The fourth-order valence-electron chi connectivity index (χ4n) is 2.81. The average molecular weight is 418 g/mol. The monoisotopic (exact) mass is 418 g/mol. The molecule has 0 fully saturated rings. The van der Waals surface area contributed by atoms with Crippen molar-refractivity contribution in [3.8, 4) is 23.3 Å². The van der Waals surface area contributed by atoms with Crippen molar-refractivity contribution >= 4 is 12.0 Å². The van der Waals surface area contributed by atoms with Gasteiger partial charge in [0, 0.05) is 5.56 Å². The Labute approximate surface area is 180 Å². The van der Waals surface area contributed by atoms with Crippen molar-refractivity contribution in [3.05, 3.63) is 83.3 Å². The highest BCUT2D eigenvalue weighted by atomic mass is 16.5. The van der Waals surface area contributed by atoms with Gasteiger partial charge in [-0.1, -0.05) is 12.1 Å². The lowest BCUT2D eigenvalue weighted by atomic mass is 10.1. The zero-order valence-electron chi connectivity index (χ0n) is 17.3. The Kier molecular flexibility index (Phi) is 7.33. The highest BCUT2D eigenvalue weighted by Crippen LogP contribution is 2.25. The second kappa shape index (κ2) is 10.6. The maximum absolute atomic E-state index is 12.2. The summed E-state index contributed by atoms with van der Waals surface area (Å²) in [6.45, 7) is 0.513. The van der Waals surface area contributed by atoms with Gasteiger partial charge >= 0.3 is 0 Å². The first-order valence-corrected chi connectivity index (χ1v) is 9.49. The molecule has 1 aromatic heterocycles. The molecule has 0 bridgehead atoms. The van der Waals surface area contributed by atoms with Gasteiger partial charge in [0.25, 0.3) is 5.91 Å². The van der Waals surface area contributed by atoms with E-state index in [1.165, 1.54) is 12.3 Å². The maximum atomic E-state index is 12.2. The van der Waals surface area contributed by atoms with Gasteiger partial charge in [0.2, 0.25) is 0 Å². The fraction of sp³-hybridized carbons (Fsp3) is 0.167. The molecular formula is C24H22N2O5. The third kappa shape index (κ3) is 5.90. The number of nitrogens with one attached hydrogen (secondary N) is 1. The minimum atomic E-state index is -0.468. The molecule has 0 saturated heterocycles. The van der Waals surface area contributed by atoms with Crippen LogP contribution >= 0.6 is 0 Å². The molecule has 1 N–H and O–H groups in total. The van der Waals surface area contributed by atoms with Crippen LogP contribution in [0.1, 0.15) is 16.9 Å². The van der Waals surface area contributed by atoms with Crippen molar-refractivity contribution in [1.82, 2.24) is 5.32 Å². The molecule has 1 amide bonds. The molecule has 31 heavy (non-hydrogen) atoms. The SMILES string of the molecule is COc1ccc(OC)c(COc2ccc(/C=C(\C#N)C(=O)NCc3ccco3)cc2)c1. The van der Waals surface area contributed by atoms with E-state index in [2.05, 4.69) is 5.32 Å². The quantitative estimate of drug-likeness (QED) is 0.415. The van der Waals surface area contributed by atoms with E-state index in [4.69, 9.17) is 18.6 Å². The third-order valence-electron chi connectivity index (χ3n) is 4.44. The standard InChI is InChI=1S/C24H22N2O5/c1-28-21-9-10-23(29-2)19(13-21)16-31-20-7-5-17(6-8-20)12-18(14-25)24(27)26-15-22-4-3-11-30-22/h3-13H,15-16H2,1-2H3,(H,26,27)/b18-12+. The number of carbonyl (C=O) groups is 1. The molecule has 0 radical (unpaired) electrons. The molecule has 0 unspecified atom stereocenters. The molecular weight excluding hydrogens is 396 g/mol. The average Bonchev–Trinajstić information content (AvgIpc) is 3.34. The van der Waals surface area contributed by atoms with Crippen LogP contribution in [0, 0.1) is 11.3 Å². The Bertz CT molecular complexity index is 1080. The number of carbonyl (C=O) groups excluding carboxylic acids is 1. The van der Waals surface area contributed by atoms with Crippen molar-refractivity contribution < 1.29 is 23.4 Å². The second-order valence-electron chi connectivity index (χ2n) is 6.47. The first-order valence-electron chi connectivity index (χ1n) is 9.49. The maximum Gasteiger partial charge on any atom is 0.262 e. The number of amides is 1. The molecule has 158 valence electrons. The zero-order valence-corrected chi connectivity index (χ0v) is 17.3. The highest BCUT2D eigenvalue weighted by molar-refractivity contribution is 6.01. The fourth-order valence-corrected chi connectivity index (χ4v) is 2.81. The molecule has 1 heterocycles. The van der Waals surface area contributed by atoms with E-state index >= 15 is 0 Å². The van der Waals surface area contributed by atoms with Crippen molar-refractivity contribution in [2.75, 3.05) is 14.2 Å². The van der Waals surface area contributed by atoms with Gasteiger partial charge in [0.05, 0.1) is 27.0 Å². The normalized spacial score (nSPS) is 10.8. The Hall–Kier alpha value is -4.18. The van der Waals surface area contributed by atoms with E-state index in [0.29, 0.717) is 35.2 Å². The first-order chi connectivity index (χ1) is 15.1. The van der Waals surface area contributed by atoms with Crippen molar-refractivity contribution in [3.63, 3.8) is 0 Å². The molecule has 0 aliphatic carbocycles.